The molecule has 0 fully saturated rings. The summed E-state index contributed by atoms with van der Waals surface area (Å²) in [7, 11) is 0. The summed E-state index contributed by atoms with van der Waals surface area (Å²) in [6.45, 7) is 0. The van der Waals surface area contributed by atoms with E-state index in [4.69, 9.17) is 4.52 Å². The maximum Gasteiger partial charge on any atom is 0.167 e. The van der Waals surface area contributed by atoms with Crippen molar-refractivity contribution in [2.45, 2.75) is 0 Å². The van der Waals surface area contributed by atoms with Gasteiger partial charge in [0.25, 0.3) is 0 Å². The van der Waals surface area contributed by atoms with Gasteiger partial charge in [-0.25, -0.2) is 0 Å². The van der Waals surface area contributed by atoms with Crippen LogP contribution in [-0.4, -0.2) is 11.4 Å². The molecule has 0 aliphatic rings. The first-order valence-corrected chi connectivity index (χ1v) is 3.87. The van der Waals surface area contributed by atoms with E-state index in [0.29, 0.717) is 11.3 Å². The molecule has 1 aromatic heterocycles. The Balaban J connectivity index is 2.57. The quantitative estimate of drug-likeness (QED) is 0.653. The molecular weight excluding hydrogens is 166 g/mol. The Bertz CT molecular complexity index is 407. The van der Waals surface area contributed by atoms with Crippen LogP contribution in [-0.2, 0) is 0 Å². The lowest BCUT2D eigenvalue weighted by atomic mass is 10.1. The molecule has 0 N–H and O–H groups in total. The Hall–Kier alpha value is -1.90. The van der Waals surface area contributed by atoms with Crippen LogP contribution in [0.5, 0.6) is 0 Å². The molecule has 0 aliphatic carbocycles. The minimum absolute atomic E-state index is 0.610. The molecule has 1 heterocycles. The fourth-order valence-corrected chi connectivity index (χ4v) is 1.18. The molecule has 3 nitrogen and oxygen atoms in total. The summed E-state index contributed by atoms with van der Waals surface area (Å²) in [5.74, 6) is 0.614. The Labute approximate surface area is 75.0 Å². The van der Waals surface area contributed by atoms with E-state index in [2.05, 4.69) is 5.16 Å². The first kappa shape index (κ1) is 7.73. The van der Waals surface area contributed by atoms with Crippen molar-refractivity contribution in [3.63, 3.8) is 0 Å². The summed E-state index contributed by atoms with van der Waals surface area (Å²) < 4.78 is 4.95. The molecule has 64 valence electrons. The van der Waals surface area contributed by atoms with Gasteiger partial charge in [0.05, 0.1) is 6.20 Å². The monoisotopic (exact) mass is 173 g/mol. The van der Waals surface area contributed by atoms with Gasteiger partial charge in [-0.05, 0) is 0 Å². The molecular formula is C10H7NO2. The smallest absolute Gasteiger partial charge is 0.167 e. The van der Waals surface area contributed by atoms with Crippen molar-refractivity contribution in [2.75, 3.05) is 0 Å². The lowest BCUT2D eigenvalue weighted by Crippen LogP contribution is -1.84. The highest BCUT2D eigenvalue weighted by Gasteiger charge is 2.05. The summed E-state index contributed by atoms with van der Waals surface area (Å²) in [4.78, 5) is 10.7. The minimum atomic E-state index is 0.610. The normalized spacial score (nSPS) is 9.85. The maximum absolute atomic E-state index is 10.7. The second-order valence-corrected chi connectivity index (χ2v) is 2.58. The average molecular weight is 173 g/mol. The van der Waals surface area contributed by atoms with E-state index in [0.717, 1.165) is 11.8 Å². The van der Waals surface area contributed by atoms with Gasteiger partial charge in [-0.15, -0.1) is 0 Å². The van der Waals surface area contributed by atoms with E-state index < -0.39 is 0 Å². The van der Waals surface area contributed by atoms with Gasteiger partial charge < -0.3 is 4.52 Å². The number of benzene rings is 1. The van der Waals surface area contributed by atoms with Crippen LogP contribution in [0.1, 0.15) is 10.4 Å². The van der Waals surface area contributed by atoms with E-state index in [9.17, 15) is 4.79 Å². The molecule has 0 unspecified atom stereocenters. The van der Waals surface area contributed by atoms with Crippen LogP contribution in [0.2, 0.25) is 0 Å². The SMILES string of the molecule is O=Cc1ccccc1-c1ccno1. The van der Waals surface area contributed by atoms with Gasteiger partial charge in [0.1, 0.15) is 0 Å². The van der Waals surface area contributed by atoms with Crippen LogP contribution in [0, 0.1) is 0 Å². The lowest BCUT2D eigenvalue weighted by Gasteiger charge is -1.97. The van der Waals surface area contributed by atoms with Crippen molar-refractivity contribution in [3.05, 3.63) is 42.1 Å². The number of hydrogen-bond acceptors (Lipinski definition) is 3. The van der Waals surface area contributed by atoms with Gasteiger partial charge in [0.15, 0.2) is 12.0 Å². The number of aromatic nitrogens is 1. The summed E-state index contributed by atoms with van der Waals surface area (Å²) in [5.41, 5.74) is 1.38. The third kappa shape index (κ3) is 1.36. The Morgan fingerprint density at radius 2 is 2.08 bits per heavy atom. The number of rotatable bonds is 2. The molecule has 0 bridgehead atoms. The minimum Gasteiger partial charge on any atom is -0.356 e. The molecule has 0 spiro atoms. The summed E-state index contributed by atoms with van der Waals surface area (Å²) in [6.07, 6.45) is 2.36. The molecule has 2 aromatic rings. The predicted molar refractivity (Wildman–Crippen MR) is 47.3 cm³/mol. The van der Waals surface area contributed by atoms with Gasteiger partial charge in [0, 0.05) is 17.2 Å². The maximum atomic E-state index is 10.7. The fourth-order valence-electron chi connectivity index (χ4n) is 1.18. The van der Waals surface area contributed by atoms with Crippen molar-refractivity contribution in [2.24, 2.45) is 0 Å². The van der Waals surface area contributed by atoms with Gasteiger partial charge in [-0.3, -0.25) is 4.79 Å². The molecule has 0 radical (unpaired) electrons. The molecule has 3 heteroatoms. The molecule has 2 rings (SSSR count). The highest BCUT2D eigenvalue weighted by atomic mass is 16.5. The van der Waals surface area contributed by atoms with Gasteiger partial charge in [-0.1, -0.05) is 29.4 Å². The number of carbonyl (C=O) groups excluding carboxylic acids is 1. The second kappa shape index (κ2) is 3.23. The van der Waals surface area contributed by atoms with Crippen LogP contribution in [0.25, 0.3) is 11.3 Å². The number of aldehydes is 1. The first-order chi connectivity index (χ1) is 6.42. The van der Waals surface area contributed by atoms with Gasteiger partial charge in [-0.2, -0.15) is 0 Å². The summed E-state index contributed by atoms with van der Waals surface area (Å²) in [5, 5.41) is 3.58. The standard InChI is InChI=1S/C10H7NO2/c12-7-8-3-1-2-4-9(8)10-5-6-11-13-10/h1-7H. The zero-order chi connectivity index (χ0) is 9.10. The lowest BCUT2D eigenvalue weighted by molar-refractivity contribution is 0.112. The average Bonchev–Trinajstić information content (AvgIpc) is 2.70. The predicted octanol–water partition coefficient (Wildman–Crippen LogP) is 2.15. The summed E-state index contributed by atoms with van der Waals surface area (Å²) >= 11 is 0. The van der Waals surface area contributed by atoms with Crippen molar-refractivity contribution in [3.8, 4) is 11.3 Å². The van der Waals surface area contributed by atoms with E-state index >= 15 is 0 Å². The van der Waals surface area contributed by atoms with Crippen molar-refractivity contribution < 1.29 is 9.32 Å². The van der Waals surface area contributed by atoms with Crippen molar-refractivity contribution in [1.82, 2.24) is 5.16 Å². The molecule has 1 aromatic carbocycles. The van der Waals surface area contributed by atoms with Crippen molar-refractivity contribution in [1.29, 1.82) is 0 Å². The molecule has 0 saturated heterocycles. The number of nitrogens with zero attached hydrogens (tertiary/aromatic N) is 1. The fraction of sp³-hybridized carbons (Fsp3) is 0. The van der Waals surface area contributed by atoms with E-state index in [1.165, 1.54) is 0 Å². The van der Waals surface area contributed by atoms with Crippen LogP contribution in [0.3, 0.4) is 0 Å². The first-order valence-electron chi connectivity index (χ1n) is 3.87. The Kier molecular flexibility index (Phi) is 1.92. The van der Waals surface area contributed by atoms with E-state index in [1.54, 1.807) is 18.3 Å². The van der Waals surface area contributed by atoms with E-state index in [-0.39, 0.29) is 0 Å². The molecule has 0 saturated carbocycles. The van der Waals surface area contributed by atoms with Crippen molar-refractivity contribution >= 4 is 6.29 Å². The van der Waals surface area contributed by atoms with Gasteiger partial charge >= 0.3 is 0 Å². The molecule has 0 atom stereocenters. The Morgan fingerprint density at radius 1 is 1.23 bits per heavy atom. The van der Waals surface area contributed by atoms with Crippen LogP contribution in [0.15, 0.2) is 41.1 Å². The third-order valence-corrected chi connectivity index (χ3v) is 1.79. The van der Waals surface area contributed by atoms with Crippen LogP contribution >= 0.6 is 0 Å². The number of carbonyl (C=O) groups is 1. The highest BCUT2D eigenvalue weighted by Crippen LogP contribution is 2.21. The topological polar surface area (TPSA) is 43.1 Å². The molecule has 0 aliphatic heterocycles. The third-order valence-electron chi connectivity index (χ3n) is 1.79. The molecule has 13 heavy (non-hydrogen) atoms. The van der Waals surface area contributed by atoms with Gasteiger partial charge in [0.2, 0.25) is 0 Å². The Morgan fingerprint density at radius 3 is 2.77 bits per heavy atom. The van der Waals surface area contributed by atoms with Crippen LogP contribution in [0.4, 0.5) is 0 Å². The molecule has 0 amide bonds. The zero-order valence-electron chi connectivity index (χ0n) is 6.81. The van der Waals surface area contributed by atoms with Crippen LogP contribution < -0.4 is 0 Å². The second-order valence-electron chi connectivity index (χ2n) is 2.58. The summed E-state index contributed by atoms with van der Waals surface area (Å²) in [6, 6.07) is 8.95. The highest BCUT2D eigenvalue weighted by molar-refractivity contribution is 5.85. The zero-order valence-corrected chi connectivity index (χ0v) is 6.81. The van der Waals surface area contributed by atoms with E-state index in [1.807, 2.05) is 18.2 Å². The largest absolute Gasteiger partial charge is 0.356 e. The number of hydrogen-bond donors (Lipinski definition) is 0.